The molecule has 0 aliphatic heterocycles. The maximum atomic E-state index is 15.1. The maximum absolute atomic E-state index is 15.1. The van der Waals surface area contributed by atoms with E-state index in [1.54, 1.807) is 12.1 Å². The fourth-order valence-corrected chi connectivity index (χ4v) is 5.64. The van der Waals surface area contributed by atoms with Crippen molar-refractivity contribution in [1.29, 1.82) is 0 Å². The molecule has 0 bridgehead atoms. The minimum absolute atomic E-state index is 0.0269. The molecule has 1 saturated carbocycles. The van der Waals surface area contributed by atoms with Gasteiger partial charge < -0.3 is 4.74 Å². The van der Waals surface area contributed by atoms with E-state index < -0.39 is 34.8 Å². The van der Waals surface area contributed by atoms with Crippen LogP contribution in [0.4, 0.5) is 17.6 Å². The van der Waals surface area contributed by atoms with Crippen LogP contribution >= 0.6 is 0 Å². The van der Waals surface area contributed by atoms with E-state index >= 15 is 8.78 Å². The average Bonchev–Trinajstić information content (AvgIpc) is 2.94. The number of rotatable bonds is 10. The molecule has 4 rings (SSSR count). The number of unbranched alkanes of at least 4 members (excludes halogenated alkanes) is 2. The summed E-state index contributed by atoms with van der Waals surface area (Å²) < 4.78 is 64.4. The molecule has 6 heteroatoms. The van der Waals surface area contributed by atoms with E-state index in [4.69, 9.17) is 4.74 Å². The molecule has 2 nitrogen and oxygen atoms in total. The molecule has 0 atom stereocenters. The van der Waals surface area contributed by atoms with Gasteiger partial charge >= 0.3 is 5.97 Å². The normalized spacial score (nSPS) is 17.3. The number of hydrogen-bond acceptors (Lipinski definition) is 2. The number of esters is 1. The van der Waals surface area contributed by atoms with Crippen molar-refractivity contribution in [3.63, 3.8) is 0 Å². The highest BCUT2D eigenvalue weighted by Crippen LogP contribution is 2.40. The van der Waals surface area contributed by atoms with E-state index in [0.717, 1.165) is 51.4 Å². The SMILES string of the molecule is CCCCCc1ccc(C(=O)Oc2ccc(-c3ccc(C4CCC(CCC)CC4)c(F)c3F)cc2)c(F)c1F. The molecule has 39 heavy (non-hydrogen) atoms. The third-order valence-corrected chi connectivity index (χ3v) is 7.90. The summed E-state index contributed by atoms with van der Waals surface area (Å²) in [6.45, 7) is 4.19. The Bertz CT molecular complexity index is 1280. The van der Waals surface area contributed by atoms with Gasteiger partial charge in [-0.3, -0.25) is 0 Å². The molecule has 0 unspecified atom stereocenters. The number of ether oxygens (including phenoxy) is 1. The highest BCUT2D eigenvalue weighted by atomic mass is 19.2. The topological polar surface area (TPSA) is 26.3 Å². The first-order chi connectivity index (χ1) is 18.8. The van der Waals surface area contributed by atoms with Gasteiger partial charge in [-0.2, -0.15) is 0 Å². The quantitative estimate of drug-likeness (QED) is 0.111. The van der Waals surface area contributed by atoms with Crippen LogP contribution in [-0.4, -0.2) is 5.97 Å². The Balaban J connectivity index is 1.44. The van der Waals surface area contributed by atoms with Crippen LogP contribution < -0.4 is 4.74 Å². The van der Waals surface area contributed by atoms with Crippen LogP contribution in [-0.2, 0) is 6.42 Å². The first-order valence-corrected chi connectivity index (χ1v) is 14.1. The largest absolute Gasteiger partial charge is 0.423 e. The number of carbonyl (C=O) groups is 1. The summed E-state index contributed by atoms with van der Waals surface area (Å²) >= 11 is 0. The summed E-state index contributed by atoms with van der Waals surface area (Å²) in [6.07, 6.45) is 9.14. The Morgan fingerprint density at radius 3 is 2.15 bits per heavy atom. The zero-order valence-corrected chi connectivity index (χ0v) is 22.7. The third kappa shape index (κ3) is 6.71. The van der Waals surface area contributed by atoms with Crippen molar-refractivity contribution in [2.24, 2.45) is 5.92 Å². The van der Waals surface area contributed by atoms with Crippen molar-refractivity contribution >= 4 is 5.97 Å². The highest BCUT2D eigenvalue weighted by Gasteiger charge is 2.26. The Morgan fingerprint density at radius 2 is 1.49 bits per heavy atom. The lowest BCUT2D eigenvalue weighted by atomic mass is 9.77. The number of carbonyl (C=O) groups excluding carboxylic acids is 1. The van der Waals surface area contributed by atoms with Gasteiger partial charge in [-0.05, 0) is 85.3 Å². The Labute approximate surface area is 228 Å². The van der Waals surface area contributed by atoms with Gasteiger partial charge in [0.1, 0.15) is 5.75 Å². The smallest absolute Gasteiger partial charge is 0.346 e. The van der Waals surface area contributed by atoms with Crippen LogP contribution in [0.2, 0.25) is 0 Å². The predicted octanol–water partition coefficient (Wildman–Crippen LogP) is 9.94. The number of hydrogen-bond donors (Lipinski definition) is 0. The summed E-state index contributed by atoms with van der Waals surface area (Å²) in [4.78, 5) is 12.5. The Hall–Kier alpha value is -3.15. The average molecular weight is 541 g/mol. The van der Waals surface area contributed by atoms with Gasteiger partial charge in [-0.25, -0.2) is 22.4 Å². The van der Waals surface area contributed by atoms with E-state index in [9.17, 15) is 13.6 Å². The molecule has 1 fully saturated rings. The molecule has 0 heterocycles. The van der Waals surface area contributed by atoms with E-state index in [0.29, 0.717) is 23.5 Å². The lowest BCUT2D eigenvalue weighted by molar-refractivity contribution is 0.0728. The summed E-state index contributed by atoms with van der Waals surface area (Å²) in [7, 11) is 0. The summed E-state index contributed by atoms with van der Waals surface area (Å²) in [5.41, 5.74) is 0.690. The molecule has 0 amide bonds. The van der Waals surface area contributed by atoms with Crippen LogP contribution in [0.3, 0.4) is 0 Å². The van der Waals surface area contributed by atoms with Gasteiger partial charge in [0.15, 0.2) is 23.3 Å². The fourth-order valence-electron chi connectivity index (χ4n) is 5.64. The van der Waals surface area contributed by atoms with Gasteiger partial charge in [0, 0.05) is 5.56 Å². The fraction of sp³-hybridized carbons (Fsp3) is 0.424. The van der Waals surface area contributed by atoms with Gasteiger partial charge in [0.25, 0.3) is 0 Å². The number of aryl methyl sites for hydroxylation is 1. The van der Waals surface area contributed by atoms with Gasteiger partial charge in [0.2, 0.25) is 0 Å². The van der Waals surface area contributed by atoms with E-state index in [2.05, 4.69) is 6.92 Å². The van der Waals surface area contributed by atoms with Gasteiger partial charge in [0.05, 0.1) is 5.56 Å². The molecule has 0 radical (unpaired) electrons. The molecular weight excluding hydrogens is 504 g/mol. The second-order valence-electron chi connectivity index (χ2n) is 10.6. The van der Waals surface area contributed by atoms with E-state index in [1.807, 2.05) is 6.92 Å². The van der Waals surface area contributed by atoms with Crippen molar-refractivity contribution in [2.75, 3.05) is 0 Å². The lowest BCUT2D eigenvalue weighted by Crippen LogP contribution is -2.15. The monoisotopic (exact) mass is 540 g/mol. The lowest BCUT2D eigenvalue weighted by Gasteiger charge is -2.29. The highest BCUT2D eigenvalue weighted by molar-refractivity contribution is 5.91. The minimum atomic E-state index is -1.23. The Morgan fingerprint density at radius 1 is 0.769 bits per heavy atom. The van der Waals surface area contributed by atoms with Crippen molar-refractivity contribution in [3.8, 4) is 16.9 Å². The zero-order valence-electron chi connectivity index (χ0n) is 22.7. The molecule has 3 aromatic carbocycles. The molecule has 0 aromatic heterocycles. The van der Waals surface area contributed by atoms with Gasteiger partial charge in [-0.15, -0.1) is 0 Å². The number of halogens is 4. The standard InChI is InChI=1S/C33H36F4O2/c1-3-5-6-8-24-15-18-28(32(37)29(24)34)33(38)39-25-16-13-23(14-17-25)27-20-19-26(30(35)31(27)36)22-11-9-21(7-4-2)10-12-22/h13-22H,3-12H2,1-2H3. The first-order valence-electron chi connectivity index (χ1n) is 14.1. The molecule has 0 spiro atoms. The van der Waals surface area contributed by atoms with Crippen molar-refractivity contribution < 1.29 is 27.1 Å². The van der Waals surface area contributed by atoms with Crippen molar-refractivity contribution in [2.45, 2.75) is 84.0 Å². The minimum Gasteiger partial charge on any atom is -0.423 e. The molecule has 0 saturated heterocycles. The molecule has 208 valence electrons. The Kier molecular flexibility index (Phi) is 9.82. The van der Waals surface area contributed by atoms with Crippen LogP contribution in [0.1, 0.15) is 99.0 Å². The number of benzene rings is 3. The third-order valence-electron chi connectivity index (χ3n) is 7.90. The molecular formula is C33H36F4O2. The van der Waals surface area contributed by atoms with Crippen LogP contribution in [0.25, 0.3) is 11.1 Å². The molecule has 1 aliphatic carbocycles. The second kappa shape index (κ2) is 13.3. The van der Waals surface area contributed by atoms with Crippen LogP contribution in [0.15, 0.2) is 48.5 Å². The maximum Gasteiger partial charge on any atom is 0.346 e. The first kappa shape index (κ1) is 28.8. The summed E-state index contributed by atoms with van der Waals surface area (Å²) in [5.74, 6) is -4.22. The van der Waals surface area contributed by atoms with Crippen LogP contribution in [0, 0.1) is 29.2 Å². The van der Waals surface area contributed by atoms with Gasteiger partial charge in [-0.1, -0.05) is 69.9 Å². The predicted molar refractivity (Wildman–Crippen MR) is 146 cm³/mol. The molecule has 3 aromatic rings. The molecule has 0 N–H and O–H groups in total. The summed E-state index contributed by atoms with van der Waals surface area (Å²) in [6, 6.07) is 11.7. The second-order valence-corrected chi connectivity index (χ2v) is 10.6. The molecule has 1 aliphatic rings. The van der Waals surface area contributed by atoms with E-state index in [1.165, 1.54) is 42.8 Å². The summed E-state index contributed by atoms with van der Waals surface area (Å²) in [5, 5.41) is 0. The van der Waals surface area contributed by atoms with Crippen molar-refractivity contribution in [1.82, 2.24) is 0 Å². The van der Waals surface area contributed by atoms with E-state index in [-0.39, 0.29) is 22.8 Å². The zero-order chi connectivity index (χ0) is 27.9. The van der Waals surface area contributed by atoms with Crippen LogP contribution in [0.5, 0.6) is 5.75 Å². The van der Waals surface area contributed by atoms with Crippen molar-refractivity contribution in [3.05, 3.63) is 88.5 Å².